The number of hydrogen-bond acceptors (Lipinski definition) is 5. The Kier molecular flexibility index (Phi) is 4.75. The summed E-state index contributed by atoms with van der Waals surface area (Å²) in [5, 5.41) is 10.9. The molecule has 1 amide bonds. The number of para-hydroxylation sites is 1. The molecule has 0 radical (unpaired) electrons. The van der Waals surface area contributed by atoms with Gasteiger partial charge in [0.05, 0.1) is 12.1 Å². The molecular formula is C16H19NO5. The van der Waals surface area contributed by atoms with Gasteiger partial charge in [-0.2, -0.15) is 0 Å². The molecule has 0 bridgehead atoms. The first-order valence-corrected chi connectivity index (χ1v) is 6.82. The van der Waals surface area contributed by atoms with Crippen LogP contribution < -0.4 is 4.90 Å². The lowest BCUT2D eigenvalue weighted by Crippen LogP contribution is -2.43. The maximum Gasteiger partial charge on any atom is 0.264 e. The van der Waals surface area contributed by atoms with Crippen LogP contribution in [0, 0.1) is 0 Å². The molecule has 118 valence electrons. The number of fused-ring (bicyclic) bond motifs is 1. The van der Waals surface area contributed by atoms with E-state index in [1.807, 2.05) is 0 Å². The van der Waals surface area contributed by atoms with Crippen LogP contribution in [0.5, 0.6) is 0 Å². The first-order valence-electron chi connectivity index (χ1n) is 6.82. The highest BCUT2D eigenvalue weighted by Crippen LogP contribution is 2.42. The average molecular weight is 305 g/mol. The van der Waals surface area contributed by atoms with Crippen molar-refractivity contribution in [2.75, 3.05) is 25.7 Å². The van der Waals surface area contributed by atoms with Crippen LogP contribution in [-0.2, 0) is 24.7 Å². The number of hydrogen-bond donors (Lipinski definition) is 1. The van der Waals surface area contributed by atoms with Crippen LogP contribution in [0.3, 0.4) is 0 Å². The number of benzene rings is 1. The minimum Gasteiger partial charge on any atom is -0.375 e. The van der Waals surface area contributed by atoms with E-state index in [-0.39, 0.29) is 6.54 Å². The molecule has 2 rings (SSSR count). The zero-order chi connectivity index (χ0) is 16.3. The van der Waals surface area contributed by atoms with Gasteiger partial charge in [-0.15, -0.1) is 6.58 Å². The Hall–Kier alpha value is -2.02. The van der Waals surface area contributed by atoms with Gasteiger partial charge in [0.1, 0.15) is 0 Å². The molecule has 1 N–H and O–H groups in total. The van der Waals surface area contributed by atoms with E-state index in [1.54, 1.807) is 30.3 Å². The fourth-order valence-electron chi connectivity index (χ4n) is 2.68. The lowest BCUT2D eigenvalue weighted by Gasteiger charge is -2.23. The van der Waals surface area contributed by atoms with Gasteiger partial charge in [0.25, 0.3) is 5.91 Å². The highest BCUT2D eigenvalue weighted by Gasteiger charge is 2.51. The van der Waals surface area contributed by atoms with E-state index in [4.69, 9.17) is 9.47 Å². The molecule has 0 unspecified atom stereocenters. The van der Waals surface area contributed by atoms with E-state index in [0.717, 1.165) is 0 Å². The van der Waals surface area contributed by atoms with Crippen molar-refractivity contribution in [3.05, 3.63) is 42.5 Å². The third kappa shape index (κ3) is 2.56. The Morgan fingerprint density at radius 2 is 2.05 bits per heavy atom. The summed E-state index contributed by atoms with van der Waals surface area (Å²) < 4.78 is 9.78. The van der Waals surface area contributed by atoms with Crippen molar-refractivity contribution in [2.45, 2.75) is 18.3 Å². The number of nitrogens with zero attached hydrogens (tertiary/aromatic N) is 1. The molecule has 0 aromatic heterocycles. The van der Waals surface area contributed by atoms with Gasteiger partial charge in [-0.1, -0.05) is 24.3 Å². The summed E-state index contributed by atoms with van der Waals surface area (Å²) >= 11 is 0. The van der Waals surface area contributed by atoms with Crippen molar-refractivity contribution in [1.29, 1.82) is 0 Å². The summed E-state index contributed by atoms with van der Waals surface area (Å²) in [6.07, 6.45) is 0.0375. The van der Waals surface area contributed by atoms with Crippen LogP contribution in [0.1, 0.15) is 12.0 Å². The van der Waals surface area contributed by atoms with Crippen molar-refractivity contribution in [3.63, 3.8) is 0 Å². The molecule has 22 heavy (non-hydrogen) atoms. The lowest BCUT2D eigenvalue weighted by atomic mass is 9.90. The number of amides is 1. The molecule has 1 heterocycles. The maximum atomic E-state index is 12.6. The van der Waals surface area contributed by atoms with Gasteiger partial charge in [0.2, 0.25) is 6.29 Å². The Balaban J connectivity index is 2.39. The first-order chi connectivity index (χ1) is 10.5. The van der Waals surface area contributed by atoms with Crippen molar-refractivity contribution < 1.29 is 24.2 Å². The van der Waals surface area contributed by atoms with E-state index < -0.39 is 30.0 Å². The van der Waals surface area contributed by atoms with E-state index >= 15 is 0 Å². The Morgan fingerprint density at radius 3 is 2.64 bits per heavy atom. The van der Waals surface area contributed by atoms with Crippen molar-refractivity contribution in [1.82, 2.24) is 0 Å². The number of aliphatic hydroxyl groups is 1. The average Bonchev–Trinajstić information content (AvgIpc) is 2.71. The molecule has 1 aromatic carbocycles. The monoisotopic (exact) mass is 305 g/mol. The third-order valence-corrected chi connectivity index (χ3v) is 3.67. The second-order valence-corrected chi connectivity index (χ2v) is 5.03. The minimum atomic E-state index is -1.91. The molecule has 0 aliphatic carbocycles. The van der Waals surface area contributed by atoms with E-state index in [1.165, 1.54) is 19.1 Å². The number of carbonyl (C=O) groups is 2. The van der Waals surface area contributed by atoms with E-state index in [9.17, 15) is 14.7 Å². The van der Waals surface area contributed by atoms with Gasteiger partial charge >= 0.3 is 0 Å². The zero-order valence-corrected chi connectivity index (χ0v) is 12.6. The van der Waals surface area contributed by atoms with Gasteiger partial charge in [0, 0.05) is 26.3 Å². The fraction of sp³-hybridized carbons (Fsp3) is 0.375. The Morgan fingerprint density at radius 1 is 1.41 bits per heavy atom. The molecular weight excluding hydrogens is 286 g/mol. The largest absolute Gasteiger partial charge is 0.375 e. The van der Waals surface area contributed by atoms with Gasteiger partial charge < -0.3 is 19.5 Å². The minimum absolute atomic E-state index is 0.254. The molecule has 0 saturated carbocycles. The van der Waals surface area contributed by atoms with Crippen LogP contribution >= 0.6 is 0 Å². The molecule has 0 saturated heterocycles. The molecule has 1 aliphatic rings. The summed E-state index contributed by atoms with van der Waals surface area (Å²) in [4.78, 5) is 26.2. The third-order valence-electron chi connectivity index (χ3n) is 3.67. The zero-order valence-electron chi connectivity index (χ0n) is 12.6. The van der Waals surface area contributed by atoms with Crippen LogP contribution in [0.4, 0.5) is 5.69 Å². The second-order valence-electron chi connectivity index (χ2n) is 5.03. The molecule has 0 fully saturated rings. The van der Waals surface area contributed by atoms with Gasteiger partial charge in [0.15, 0.2) is 11.4 Å². The van der Waals surface area contributed by atoms with Crippen LogP contribution in [0.15, 0.2) is 36.9 Å². The predicted octanol–water partition coefficient (Wildman–Crippen LogP) is 0.985. The van der Waals surface area contributed by atoms with Gasteiger partial charge in [-0.25, -0.2) is 0 Å². The topological polar surface area (TPSA) is 76.1 Å². The Bertz CT molecular complexity index is 596. The SMILES string of the molecule is C=CCN1C(=O)[C@@](O)(CC(=O)C(OC)OC)c2ccccc21. The highest BCUT2D eigenvalue weighted by molar-refractivity contribution is 6.09. The predicted molar refractivity (Wildman–Crippen MR) is 80.3 cm³/mol. The summed E-state index contributed by atoms with van der Waals surface area (Å²) in [7, 11) is 2.65. The number of anilines is 1. The molecule has 6 heteroatoms. The van der Waals surface area contributed by atoms with Gasteiger partial charge in [-0.3, -0.25) is 9.59 Å². The summed E-state index contributed by atoms with van der Waals surface area (Å²) in [6.45, 7) is 3.87. The van der Waals surface area contributed by atoms with Crippen molar-refractivity contribution in [3.8, 4) is 0 Å². The number of ether oxygens (including phenoxy) is 2. The fourth-order valence-corrected chi connectivity index (χ4v) is 2.68. The van der Waals surface area contributed by atoms with E-state index in [2.05, 4.69) is 6.58 Å². The maximum absolute atomic E-state index is 12.6. The molecule has 6 nitrogen and oxygen atoms in total. The lowest BCUT2D eigenvalue weighted by molar-refractivity contribution is -0.164. The van der Waals surface area contributed by atoms with Crippen LogP contribution in [0.2, 0.25) is 0 Å². The quantitative estimate of drug-likeness (QED) is 0.600. The van der Waals surface area contributed by atoms with Crippen molar-refractivity contribution in [2.24, 2.45) is 0 Å². The summed E-state index contributed by atoms with van der Waals surface area (Å²) in [6, 6.07) is 6.84. The number of carbonyl (C=O) groups excluding carboxylic acids is 2. The number of ketones is 1. The number of rotatable bonds is 7. The summed E-state index contributed by atoms with van der Waals surface area (Å²) in [5.74, 6) is -1.05. The molecule has 1 aromatic rings. The smallest absolute Gasteiger partial charge is 0.264 e. The van der Waals surface area contributed by atoms with Gasteiger partial charge in [-0.05, 0) is 6.07 Å². The summed E-state index contributed by atoms with van der Waals surface area (Å²) in [5.41, 5.74) is -0.929. The van der Waals surface area contributed by atoms with E-state index in [0.29, 0.717) is 11.3 Å². The number of methoxy groups -OCH3 is 2. The number of Topliss-reactive ketones (excluding diaryl/α,β-unsaturated/α-hetero) is 1. The Labute approximate surface area is 128 Å². The standard InChI is InChI=1S/C16H19NO5/c1-4-9-17-12-8-6-5-7-11(12)16(20,15(17)19)10-13(18)14(21-2)22-3/h4-8,14,20H,1,9-10H2,2-3H3/t16-/m1/s1. The molecule has 0 spiro atoms. The van der Waals surface area contributed by atoms with Crippen molar-refractivity contribution >= 4 is 17.4 Å². The molecule has 1 aliphatic heterocycles. The first kappa shape index (κ1) is 16.4. The second kappa shape index (κ2) is 6.39. The normalized spacial score (nSPS) is 20.4. The highest BCUT2D eigenvalue weighted by atomic mass is 16.7. The van der Waals surface area contributed by atoms with Crippen LogP contribution in [-0.4, -0.2) is 43.9 Å². The van der Waals surface area contributed by atoms with Crippen LogP contribution in [0.25, 0.3) is 0 Å². The molecule has 1 atom stereocenters.